The van der Waals surface area contributed by atoms with Crippen molar-refractivity contribution in [2.24, 2.45) is 0 Å². The van der Waals surface area contributed by atoms with Crippen LogP contribution in [0.2, 0.25) is 0 Å². The van der Waals surface area contributed by atoms with Gasteiger partial charge in [-0.05, 0) is 6.42 Å². The van der Waals surface area contributed by atoms with Crippen molar-refractivity contribution in [2.75, 3.05) is 19.8 Å². The summed E-state index contributed by atoms with van der Waals surface area (Å²) in [6.45, 7) is -0.0923. The molecule has 2 rings (SSSR count). The van der Waals surface area contributed by atoms with E-state index in [9.17, 15) is 65.8 Å². The van der Waals surface area contributed by atoms with E-state index in [2.05, 4.69) is 11.7 Å². The molecule has 2 aliphatic heterocycles. The van der Waals surface area contributed by atoms with Gasteiger partial charge in [0.15, 0.2) is 18.7 Å². The summed E-state index contributed by atoms with van der Waals surface area (Å²) in [7, 11) is 0. The van der Waals surface area contributed by atoms with Crippen molar-refractivity contribution in [3.05, 3.63) is 0 Å². The van der Waals surface area contributed by atoms with Crippen molar-refractivity contribution < 1.29 is 89.4 Å². The number of aliphatic hydroxyl groups is 11. The number of esters is 2. The fourth-order valence-corrected chi connectivity index (χ4v) is 5.94. The monoisotopic (exact) mass is 758 g/mol. The molecule has 0 amide bonds. The second kappa shape index (κ2) is 24.8. The summed E-state index contributed by atoms with van der Waals surface area (Å²) in [5.74, 6) is -2.46. The lowest BCUT2D eigenvalue weighted by atomic mass is 9.98. The van der Waals surface area contributed by atoms with E-state index >= 15 is 0 Å². The Morgan fingerprint density at radius 1 is 0.596 bits per heavy atom. The Morgan fingerprint density at radius 3 is 1.58 bits per heavy atom. The fraction of sp³-hybridized carbons (Fsp3) is 0.941. The second-order valence-electron chi connectivity index (χ2n) is 13.7. The first-order valence-corrected chi connectivity index (χ1v) is 18.4. The van der Waals surface area contributed by atoms with Gasteiger partial charge in [-0.25, -0.2) is 4.79 Å². The maximum Gasteiger partial charge on any atom is 0.345 e. The van der Waals surface area contributed by atoms with Gasteiger partial charge in [-0.1, -0.05) is 84.0 Å². The number of hydrogen-bond donors (Lipinski definition) is 11. The van der Waals surface area contributed by atoms with E-state index in [1.807, 2.05) is 0 Å². The number of rotatable bonds is 25. The van der Waals surface area contributed by atoms with Crippen molar-refractivity contribution >= 4 is 11.9 Å². The lowest BCUT2D eigenvalue weighted by Gasteiger charge is -2.42. The second-order valence-corrected chi connectivity index (χ2v) is 13.7. The number of unbranched alkanes of at least 4 members (excludes halogenated alkanes) is 12. The maximum atomic E-state index is 12.2. The lowest BCUT2D eigenvalue weighted by Crippen LogP contribution is -2.62. The van der Waals surface area contributed by atoms with Crippen molar-refractivity contribution in [3.8, 4) is 0 Å². The largest absolute Gasteiger partial charge is 0.394 e. The van der Waals surface area contributed by atoms with Crippen LogP contribution in [0.3, 0.4) is 0 Å². The van der Waals surface area contributed by atoms with Crippen LogP contribution in [-0.2, 0) is 33.3 Å². The highest BCUT2D eigenvalue weighted by Crippen LogP contribution is 2.26. The van der Waals surface area contributed by atoms with Gasteiger partial charge >= 0.3 is 11.9 Å². The van der Waals surface area contributed by atoms with Gasteiger partial charge in [0.05, 0.1) is 19.8 Å². The van der Waals surface area contributed by atoms with Crippen molar-refractivity contribution in [1.29, 1.82) is 0 Å². The van der Waals surface area contributed by atoms with E-state index in [0.717, 1.165) is 25.7 Å². The minimum Gasteiger partial charge on any atom is -0.394 e. The first-order valence-electron chi connectivity index (χ1n) is 18.4. The first-order chi connectivity index (χ1) is 24.7. The highest BCUT2D eigenvalue weighted by molar-refractivity contribution is 5.88. The van der Waals surface area contributed by atoms with Crippen LogP contribution in [0, 0.1) is 0 Å². The normalized spacial score (nSPS) is 31.8. The molecule has 11 N–H and O–H groups in total. The minimum absolute atomic E-state index is 0.0931. The van der Waals surface area contributed by atoms with Gasteiger partial charge in [-0.2, -0.15) is 0 Å². The van der Waals surface area contributed by atoms with Crippen LogP contribution >= 0.6 is 0 Å². The molecule has 2 heterocycles. The predicted octanol–water partition coefficient (Wildman–Crippen LogP) is -2.38. The van der Waals surface area contributed by atoms with Gasteiger partial charge in [0.2, 0.25) is 0 Å². The molecule has 18 nitrogen and oxygen atoms in total. The Balaban J connectivity index is 1.71. The molecule has 0 bridgehead atoms. The standard InChI is InChI=1S/C34H62O18/c1-2-3-4-5-6-7-8-9-10-11-12-13-14-15-22(37)52-32(47)29(44)26(41)23(38)19(36)17-48-33-31(46)28(43)25(40)21(51-33)18-49-34-30(45)27(42)24(39)20(16-35)50-34/h19-21,23-31,33-36,38-46H,2-18H2,1H3/t19-,20-,21-,23-,24-,25-,26+,27+,28+,29-,30-,31-,33+,34+/m1/s1. The number of hydrogen-bond acceptors (Lipinski definition) is 18. The molecular weight excluding hydrogens is 696 g/mol. The summed E-state index contributed by atoms with van der Waals surface area (Å²) in [6.07, 6.45) is -11.7. The molecule has 52 heavy (non-hydrogen) atoms. The SMILES string of the molecule is CCCCCCCCCCCCCCCC(=O)OC(=O)[C@H](O)[C@@H](O)[C@H](O)[C@H](O)CO[C@H]1O[C@H](CO[C@H]2O[C@H](CO)[C@@H](O)[C@H](O)[C@H]2O)[C@@H](O)[C@H](O)[C@H]1O. The molecule has 0 aromatic heterocycles. The molecule has 14 atom stereocenters. The predicted molar refractivity (Wildman–Crippen MR) is 178 cm³/mol. The summed E-state index contributed by atoms with van der Waals surface area (Å²) in [4.78, 5) is 24.3. The molecule has 306 valence electrons. The Morgan fingerprint density at radius 2 is 1.06 bits per heavy atom. The number of carbonyl (C=O) groups excluding carboxylic acids is 2. The summed E-state index contributed by atoms with van der Waals surface area (Å²) < 4.78 is 25.7. The van der Waals surface area contributed by atoms with E-state index in [1.165, 1.54) is 51.4 Å². The molecular formula is C34H62O18. The van der Waals surface area contributed by atoms with E-state index in [4.69, 9.17) is 18.9 Å². The molecule has 0 aromatic carbocycles. The van der Waals surface area contributed by atoms with E-state index < -0.39 is 118 Å². The van der Waals surface area contributed by atoms with Crippen molar-refractivity contribution in [1.82, 2.24) is 0 Å². The summed E-state index contributed by atoms with van der Waals surface area (Å²) in [5, 5.41) is 111. The van der Waals surface area contributed by atoms with E-state index in [-0.39, 0.29) is 6.42 Å². The lowest BCUT2D eigenvalue weighted by molar-refractivity contribution is -0.333. The van der Waals surface area contributed by atoms with Crippen LogP contribution in [0.5, 0.6) is 0 Å². The Labute approximate surface area is 303 Å². The van der Waals surface area contributed by atoms with Crippen LogP contribution in [0.25, 0.3) is 0 Å². The Hall–Kier alpha value is -1.46. The van der Waals surface area contributed by atoms with Gasteiger partial charge in [0.1, 0.15) is 67.1 Å². The van der Waals surface area contributed by atoms with Gasteiger partial charge in [0, 0.05) is 6.42 Å². The number of ether oxygens (including phenoxy) is 5. The molecule has 2 saturated heterocycles. The zero-order valence-corrected chi connectivity index (χ0v) is 29.9. The zero-order chi connectivity index (χ0) is 38.8. The van der Waals surface area contributed by atoms with Gasteiger partial charge in [-0.15, -0.1) is 0 Å². The molecule has 0 aromatic rings. The molecule has 18 heteroatoms. The molecule has 0 aliphatic carbocycles. The topological polar surface area (TPSA) is 303 Å². The molecule has 2 aliphatic rings. The van der Waals surface area contributed by atoms with Gasteiger partial charge in [0.25, 0.3) is 0 Å². The highest BCUT2D eigenvalue weighted by Gasteiger charge is 2.48. The number of aliphatic hydroxyl groups excluding tert-OH is 11. The van der Waals surface area contributed by atoms with Gasteiger partial charge in [-0.3, -0.25) is 4.79 Å². The zero-order valence-electron chi connectivity index (χ0n) is 29.9. The fourth-order valence-electron chi connectivity index (χ4n) is 5.94. The Bertz CT molecular complexity index is 988. The average molecular weight is 759 g/mol. The number of carbonyl (C=O) groups is 2. The smallest absolute Gasteiger partial charge is 0.345 e. The Kier molecular flexibility index (Phi) is 22.3. The van der Waals surface area contributed by atoms with Crippen LogP contribution in [0.15, 0.2) is 0 Å². The molecule has 0 saturated carbocycles. The summed E-state index contributed by atoms with van der Waals surface area (Å²) in [5.41, 5.74) is 0. The van der Waals surface area contributed by atoms with Crippen LogP contribution < -0.4 is 0 Å². The van der Waals surface area contributed by atoms with Crippen LogP contribution in [-0.4, -0.2) is 174 Å². The van der Waals surface area contributed by atoms with Gasteiger partial charge < -0.3 is 79.9 Å². The van der Waals surface area contributed by atoms with Crippen LogP contribution in [0.1, 0.15) is 96.8 Å². The average Bonchev–Trinajstić information content (AvgIpc) is 3.13. The molecule has 2 fully saturated rings. The van der Waals surface area contributed by atoms with Crippen molar-refractivity contribution in [2.45, 2.75) is 183 Å². The molecule has 0 spiro atoms. The maximum absolute atomic E-state index is 12.2. The summed E-state index contributed by atoms with van der Waals surface area (Å²) >= 11 is 0. The third-order valence-electron chi connectivity index (χ3n) is 9.38. The van der Waals surface area contributed by atoms with Crippen molar-refractivity contribution in [3.63, 3.8) is 0 Å². The third-order valence-corrected chi connectivity index (χ3v) is 9.38. The first kappa shape index (κ1) is 46.7. The van der Waals surface area contributed by atoms with Crippen LogP contribution in [0.4, 0.5) is 0 Å². The minimum atomic E-state index is -2.42. The quantitative estimate of drug-likeness (QED) is 0.0263. The highest BCUT2D eigenvalue weighted by atomic mass is 16.7. The van der Waals surface area contributed by atoms with E-state index in [1.54, 1.807) is 0 Å². The molecule has 0 radical (unpaired) electrons. The summed E-state index contributed by atoms with van der Waals surface area (Å²) in [6, 6.07) is 0. The molecule has 0 unspecified atom stereocenters. The third kappa shape index (κ3) is 15.0. The van der Waals surface area contributed by atoms with E-state index in [0.29, 0.717) is 6.42 Å².